The Labute approximate surface area is 126 Å². The van der Waals surface area contributed by atoms with Gasteiger partial charge in [-0.25, -0.2) is 4.98 Å². The molecule has 2 N–H and O–H groups in total. The topological polar surface area (TPSA) is 60.9 Å². The summed E-state index contributed by atoms with van der Waals surface area (Å²) < 4.78 is 2.06. The van der Waals surface area contributed by atoms with Gasteiger partial charge in [0.2, 0.25) is 5.91 Å². The van der Waals surface area contributed by atoms with Crippen molar-refractivity contribution in [3.63, 3.8) is 0 Å². The number of aryl methyl sites for hydroxylation is 2. The molecule has 1 atom stereocenters. The molecule has 0 aliphatic rings. The van der Waals surface area contributed by atoms with Crippen LogP contribution < -0.4 is 5.73 Å². The second-order valence-electron chi connectivity index (χ2n) is 5.77. The number of benzene rings is 1. The fourth-order valence-corrected chi connectivity index (χ4v) is 2.99. The zero-order chi connectivity index (χ0) is 15.5. The summed E-state index contributed by atoms with van der Waals surface area (Å²) >= 11 is 0. The quantitative estimate of drug-likeness (QED) is 0.887. The van der Waals surface area contributed by atoms with E-state index in [1.165, 1.54) is 0 Å². The van der Waals surface area contributed by atoms with Crippen LogP contribution >= 0.6 is 0 Å². The summed E-state index contributed by atoms with van der Waals surface area (Å²) in [6.07, 6.45) is 4.38. The minimum Gasteiger partial charge on any atom is -0.369 e. The van der Waals surface area contributed by atoms with Gasteiger partial charge in [0, 0.05) is 18.9 Å². The van der Waals surface area contributed by atoms with E-state index in [-0.39, 0.29) is 11.8 Å². The third-order valence-electron chi connectivity index (χ3n) is 4.38. The second kappa shape index (κ2) is 6.12. The molecule has 0 spiro atoms. The molecule has 4 nitrogen and oxygen atoms in total. The van der Waals surface area contributed by atoms with Gasteiger partial charge in [-0.3, -0.25) is 4.79 Å². The van der Waals surface area contributed by atoms with Crippen molar-refractivity contribution in [2.45, 2.75) is 39.2 Å². The normalized spacial score (nSPS) is 14.1. The first-order valence-corrected chi connectivity index (χ1v) is 7.31. The molecule has 0 aliphatic carbocycles. The van der Waals surface area contributed by atoms with Crippen LogP contribution in [0.1, 0.15) is 31.7 Å². The molecule has 0 saturated carbocycles. The number of aromatic nitrogens is 2. The number of nitrogens with two attached hydrogens (primary N) is 1. The van der Waals surface area contributed by atoms with E-state index in [4.69, 9.17) is 5.73 Å². The Bertz CT molecular complexity index is 604. The van der Waals surface area contributed by atoms with Crippen molar-refractivity contribution in [1.29, 1.82) is 0 Å². The molecule has 2 aromatic rings. The first-order chi connectivity index (χ1) is 9.98. The maximum atomic E-state index is 12.3. The Hall–Kier alpha value is -2.10. The van der Waals surface area contributed by atoms with Gasteiger partial charge < -0.3 is 10.3 Å². The van der Waals surface area contributed by atoms with Crippen LogP contribution in [-0.4, -0.2) is 15.5 Å². The molecule has 0 fully saturated rings. The highest BCUT2D eigenvalue weighted by Gasteiger charge is 2.41. The van der Waals surface area contributed by atoms with Gasteiger partial charge in [0.15, 0.2) is 0 Å². The van der Waals surface area contributed by atoms with Crippen LogP contribution in [0.15, 0.2) is 42.7 Å². The Morgan fingerprint density at radius 2 is 2.00 bits per heavy atom. The van der Waals surface area contributed by atoms with Crippen LogP contribution in [0.3, 0.4) is 0 Å². The first kappa shape index (κ1) is 15.3. The van der Waals surface area contributed by atoms with E-state index in [1.807, 2.05) is 43.5 Å². The molecule has 0 bridgehead atoms. The van der Waals surface area contributed by atoms with Crippen molar-refractivity contribution < 1.29 is 4.79 Å². The maximum absolute atomic E-state index is 12.3. The van der Waals surface area contributed by atoms with Gasteiger partial charge in [0.1, 0.15) is 5.82 Å². The van der Waals surface area contributed by atoms with Gasteiger partial charge in [-0.05, 0) is 24.8 Å². The van der Waals surface area contributed by atoms with Crippen molar-refractivity contribution in [1.82, 2.24) is 9.55 Å². The van der Waals surface area contributed by atoms with Gasteiger partial charge in [0.05, 0.1) is 5.41 Å². The molecular formula is C17H23N3O. The molecule has 2 rings (SSSR count). The summed E-state index contributed by atoms with van der Waals surface area (Å²) in [5, 5.41) is 0. The van der Waals surface area contributed by atoms with Crippen molar-refractivity contribution in [3.8, 4) is 0 Å². The first-order valence-electron chi connectivity index (χ1n) is 7.31. The van der Waals surface area contributed by atoms with Crippen LogP contribution in [0.4, 0.5) is 0 Å². The van der Waals surface area contributed by atoms with E-state index in [0.29, 0.717) is 6.42 Å². The molecule has 1 aromatic heterocycles. The number of primary amides is 1. The molecule has 4 heteroatoms. The molecule has 1 aromatic carbocycles. The van der Waals surface area contributed by atoms with E-state index in [9.17, 15) is 4.79 Å². The van der Waals surface area contributed by atoms with Gasteiger partial charge in [-0.2, -0.15) is 0 Å². The van der Waals surface area contributed by atoms with Gasteiger partial charge in [-0.1, -0.05) is 44.2 Å². The van der Waals surface area contributed by atoms with Crippen molar-refractivity contribution in [2.75, 3.05) is 0 Å². The van der Waals surface area contributed by atoms with Crippen LogP contribution in [-0.2, 0) is 16.8 Å². The van der Waals surface area contributed by atoms with Crippen LogP contribution in [0.5, 0.6) is 0 Å². The van der Waals surface area contributed by atoms with E-state index in [0.717, 1.165) is 17.9 Å². The number of carbonyl (C=O) groups excluding carboxylic acids is 1. The lowest BCUT2D eigenvalue weighted by Gasteiger charge is -2.35. The zero-order valence-corrected chi connectivity index (χ0v) is 12.9. The third kappa shape index (κ3) is 2.84. The molecule has 1 unspecified atom stereocenters. The Morgan fingerprint density at radius 3 is 2.48 bits per heavy atom. The number of nitrogens with zero attached hydrogens (tertiary/aromatic N) is 2. The van der Waals surface area contributed by atoms with E-state index < -0.39 is 5.41 Å². The Morgan fingerprint density at radius 1 is 1.33 bits per heavy atom. The number of rotatable bonds is 6. The molecule has 112 valence electrons. The summed E-state index contributed by atoms with van der Waals surface area (Å²) in [5.74, 6) is 0.813. The van der Waals surface area contributed by atoms with Crippen molar-refractivity contribution >= 4 is 5.91 Å². The summed E-state index contributed by atoms with van der Waals surface area (Å²) in [7, 11) is 0. The van der Waals surface area contributed by atoms with Crippen molar-refractivity contribution in [3.05, 3.63) is 54.1 Å². The summed E-state index contributed by atoms with van der Waals surface area (Å²) in [4.78, 5) is 16.5. The molecule has 0 saturated heterocycles. The number of amides is 1. The minimum absolute atomic E-state index is 0.126. The predicted octanol–water partition coefficient (Wildman–Crippen LogP) is 2.66. The number of carbonyl (C=O) groups is 1. The molecule has 21 heavy (non-hydrogen) atoms. The average Bonchev–Trinajstić information content (AvgIpc) is 2.85. The highest BCUT2D eigenvalue weighted by Crippen LogP contribution is 2.36. The third-order valence-corrected chi connectivity index (χ3v) is 4.38. The zero-order valence-electron chi connectivity index (χ0n) is 12.9. The van der Waals surface area contributed by atoms with Crippen LogP contribution in [0, 0.1) is 12.8 Å². The van der Waals surface area contributed by atoms with Crippen LogP contribution in [0.25, 0.3) is 0 Å². The standard InChI is InChI=1S/C17H23N3O/c1-13(2)17(16(18)21,15-7-5-4-6-8-15)9-11-20-12-10-19-14(20)3/h4-8,10,12-13H,9,11H2,1-3H3,(H2,18,21). The van der Waals surface area contributed by atoms with E-state index in [2.05, 4.69) is 23.4 Å². The molecule has 1 heterocycles. The lowest BCUT2D eigenvalue weighted by atomic mass is 9.68. The number of hydrogen-bond acceptors (Lipinski definition) is 2. The molecule has 0 aliphatic heterocycles. The smallest absolute Gasteiger partial charge is 0.228 e. The van der Waals surface area contributed by atoms with Gasteiger partial charge in [0.25, 0.3) is 0 Å². The largest absolute Gasteiger partial charge is 0.369 e. The fraction of sp³-hybridized carbons (Fsp3) is 0.412. The average molecular weight is 285 g/mol. The maximum Gasteiger partial charge on any atom is 0.228 e. The Balaban J connectivity index is 2.36. The second-order valence-corrected chi connectivity index (χ2v) is 5.77. The summed E-state index contributed by atoms with van der Waals surface area (Å²) in [5.41, 5.74) is 6.15. The van der Waals surface area contributed by atoms with Gasteiger partial charge >= 0.3 is 0 Å². The number of imidazole rings is 1. The summed E-state index contributed by atoms with van der Waals surface area (Å²) in [6, 6.07) is 9.85. The van der Waals surface area contributed by atoms with Crippen molar-refractivity contribution in [2.24, 2.45) is 11.7 Å². The number of hydrogen-bond donors (Lipinski definition) is 1. The fourth-order valence-electron chi connectivity index (χ4n) is 2.99. The van der Waals surface area contributed by atoms with E-state index >= 15 is 0 Å². The lowest BCUT2D eigenvalue weighted by molar-refractivity contribution is -0.125. The SMILES string of the molecule is Cc1nccn1CCC(C(N)=O)(c1ccccc1)C(C)C. The summed E-state index contributed by atoms with van der Waals surface area (Å²) in [6.45, 7) is 6.79. The lowest BCUT2D eigenvalue weighted by Crippen LogP contribution is -2.46. The monoisotopic (exact) mass is 285 g/mol. The molecule has 1 amide bonds. The molecule has 0 radical (unpaired) electrons. The molecular weight excluding hydrogens is 262 g/mol. The van der Waals surface area contributed by atoms with E-state index in [1.54, 1.807) is 6.20 Å². The minimum atomic E-state index is -0.655. The highest BCUT2D eigenvalue weighted by atomic mass is 16.1. The predicted molar refractivity (Wildman–Crippen MR) is 83.7 cm³/mol. The van der Waals surface area contributed by atoms with Crippen LogP contribution in [0.2, 0.25) is 0 Å². The van der Waals surface area contributed by atoms with Gasteiger partial charge in [-0.15, -0.1) is 0 Å². The Kier molecular flexibility index (Phi) is 4.46. The highest BCUT2D eigenvalue weighted by molar-refractivity contribution is 5.87.